The van der Waals surface area contributed by atoms with Crippen LogP contribution in [0.4, 0.5) is 0 Å². The largest absolute Gasteiger partial charge is 0.480 e. The lowest BCUT2D eigenvalue weighted by Crippen LogP contribution is -2.09. The highest BCUT2D eigenvalue weighted by Gasteiger charge is 2.17. The number of hydrogen-bond donors (Lipinski definition) is 1. The third-order valence-corrected chi connectivity index (χ3v) is 2.85. The summed E-state index contributed by atoms with van der Waals surface area (Å²) < 4.78 is 6.78. The summed E-state index contributed by atoms with van der Waals surface area (Å²) in [5.74, 6) is -0.0732. The predicted molar refractivity (Wildman–Crippen MR) is 67.6 cm³/mol. The van der Waals surface area contributed by atoms with Crippen LogP contribution in [0.25, 0.3) is 22.5 Å². The van der Waals surface area contributed by atoms with Crippen LogP contribution >= 0.6 is 0 Å². The van der Waals surface area contributed by atoms with Gasteiger partial charge in [-0.05, 0) is 19.1 Å². The zero-order chi connectivity index (χ0) is 13.4. The monoisotopic (exact) mass is 257 g/mol. The van der Waals surface area contributed by atoms with Gasteiger partial charge in [-0.15, -0.1) is 0 Å². The molecular weight excluding hydrogens is 246 g/mol. The highest BCUT2D eigenvalue weighted by atomic mass is 16.5. The number of aryl methyl sites for hydroxylation is 1. The normalized spacial score (nSPS) is 11.0. The molecule has 6 nitrogen and oxygen atoms in total. The van der Waals surface area contributed by atoms with Crippen molar-refractivity contribution in [1.82, 2.24) is 14.7 Å². The molecule has 0 aliphatic carbocycles. The van der Waals surface area contributed by atoms with Gasteiger partial charge in [0.15, 0.2) is 5.82 Å². The first-order valence-electron chi connectivity index (χ1n) is 5.76. The summed E-state index contributed by atoms with van der Waals surface area (Å²) in [5.41, 5.74) is 1.44. The van der Waals surface area contributed by atoms with Gasteiger partial charge in [0.25, 0.3) is 5.89 Å². The van der Waals surface area contributed by atoms with E-state index in [2.05, 4.69) is 10.1 Å². The predicted octanol–water partition coefficient (Wildman–Crippen LogP) is 2.08. The molecule has 1 aromatic carbocycles. The lowest BCUT2D eigenvalue weighted by atomic mass is 10.2. The zero-order valence-electron chi connectivity index (χ0n) is 10.2. The van der Waals surface area contributed by atoms with E-state index < -0.39 is 5.97 Å². The number of fused-ring (bicyclic) bond motifs is 1. The Morgan fingerprint density at radius 2 is 2.21 bits per heavy atom. The van der Waals surface area contributed by atoms with Gasteiger partial charge in [-0.2, -0.15) is 4.98 Å². The number of aromatic nitrogens is 3. The molecule has 0 atom stereocenters. The molecule has 0 fully saturated rings. The minimum atomic E-state index is -0.918. The molecule has 0 aliphatic heterocycles. The number of rotatable bonds is 3. The topological polar surface area (TPSA) is 81.2 Å². The van der Waals surface area contributed by atoms with Crippen molar-refractivity contribution in [3.05, 3.63) is 36.2 Å². The van der Waals surface area contributed by atoms with E-state index in [1.54, 1.807) is 11.5 Å². The first-order valence-corrected chi connectivity index (χ1v) is 5.76. The van der Waals surface area contributed by atoms with Crippen molar-refractivity contribution in [3.63, 3.8) is 0 Å². The standard InChI is InChI=1S/C13H11N3O3/c1-8-14-13(19-15-8)11-6-9-4-2-3-5-10(9)16(11)7-12(17)18/h2-6H,7H2,1H3,(H,17,18). The van der Waals surface area contributed by atoms with Crippen LogP contribution in [0.2, 0.25) is 0 Å². The minimum absolute atomic E-state index is 0.149. The summed E-state index contributed by atoms with van der Waals surface area (Å²) in [4.78, 5) is 15.2. The van der Waals surface area contributed by atoms with Crippen molar-refractivity contribution in [1.29, 1.82) is 0 Å². The van der Waals surface area contributed by atoms with Crippen LogP contribution in [-0.2, 0) is 11.3 Å². The van der Waals surface area contributed by atoms with Gasteiger partial charge < -0.3 is 14.2 Å². The summed E-state index contributed by atoms with van der Waals surface area (Å²) in [6, 6.07) is 9.40. The maximum Gasteiger partial charge on any atom is 0.323 e. The molecule has 0 spiro atoms. The second-order valence-electron chi connectivity index (χ2n) is 4.22. The lowest BCUT2D eigenvalue weighted by molar-refractivity contribution is -0.137. The number of carboxylic acids is 1. The highest BCUT2D eigenvalue weighted by molar-refractivity contribution is 5.87. The number of carbonyl (C=O) groups is 1. The van der Waals surface area contributed by atoms with Crippen LogP contribution in [0.1, 0.15) is 5.82 Å². The van der Waals surface area contributed by atoms with Crippen molar-refractivity contribution >= 4 is 16.9 Å². The van der Waals surface area contributed by atoms with Crippen LogP contribution in [0.3, 0.4) is 0 Å². The first-order chi connectivity index (χ1) is 9.15. The average molecular weight is 257 g/mol. The molecule has 0 saturated heterocycles. The fourth-order valence-electron chi connectivity index (χ4n) is 2.09. The number of nitrogens with zero attached hydrogens (tertiary/aromatic N) is 3. The Balaban J connectivity index is 2.25. The quantitative estimate of drug-likeness (QED) is 0.776. The molecular formula is C13H11N3O3. The summed E-state index contributed by atoms with van der Waals surface area (Å²) >= 11 is 0. The summed E-state index contributed by atoms with van der Waals surface area (Å²) in [6.07, 6.45) is 0. The van der Waals surface area contributed by atoms with E-state index in [1.165, 1.54) is 0 Å². The number of hydrogen-bond acceptors (Lipinski definition) is 4. The van der Waals surface area contributed by atoms with Gasteiger partial charge in [0.05, 0.1) is 0 Å². The Morgan fingerprint density at radius 3 is 2.89 bits per heavy atom. The van der Waals surface area contributed by atoms with Gasteiger partial charge >= 0.3 is 5.97 Å². The van der Waals surface area contributed by atoms with Crippen LogP contribution < -0.4 is 0 Å². The van der Waals surface area contributed by atoms with Gasteiger partial charge in [-0.25, -0.2) is 0 Å². The Kier molecular flexibility index (Phi) is 2.56. The van der Waals surface area contributed by atoms with Gasteiger partial charge in [0.1, 0.15) is 12.2 Å². The van der Waals surface area contributed by atoms with E-state index in [0.29, 0.717) is 17.4 Å². The van der Waals surface area contributed by atoms with Crippen LogP contribution in [-0.4, -0.2) is 25.8 Å². The molecule has 0 amide bonds. The Morgan fingerprint density at radius 1 is 1.42 bits per heavy atom. The highest BCUT2D eigenvalue weighted by Crippen LogP contribution is 2.27. The van der Waals surface area contributed by atoms with Crippen molar-refractivity contribution in [2.45, 2.75) is 13.5 Å². The Hall–Kier alpha value is -2.63. The summed E-state index contributed by atoms with van der Waals surface area (Å²) in [6.45, 7) is 1.57. The molecule has 0 radical (unpaired) electrons. The van der Waals surface area contributed by atoms with Crippen molar-refractivity contribution < 1.29 is 14.4 Å². The number of benzene rings is 1. The van der Waals surface area contributed by atoms with Gasteiger partial charge in [-0.1, -0.05) is 23.4 Å². The van der Waals surface area contributed by atoms with Crippen LogP contribution in [0.15, 0.2) is 34.9 Å². The molecule has 0 bridgehead atoms. The Bertz CT molecular complexity index is 757. The zero-order valence-corrected chi connectivity index (χ0v) is 10.2. The number of carboxylic acid groups (broad SMARTS) is 1. The van der Waals surface area contributed by atoms with E-state index in [0.717, 1.165) is 10.9 Å². The van der Waals surface area contributed by atoms with Crippen molar-refractivity contribution in [2.24, 2.45) is 0 Å². The fourth-order valence-corrected chi connectivity index (χ4v) is 2.09. The third kappa shape index (κ3) is 1.97. The molecule has 0 saturated carbocycles. The maximum absolute atomic E-state index is 11.0. The third-order valence-electron chi connectivity index (χ3n) is 2.85. The molecule has 3 aromatic rings. The molecule has 2 aromatic heterocycles. The van der Waals surface area contributed by atoms with Gasteiger partial charge in [-0.3, -0.25) is 4.79 Å². The molecule has 2 heterocycles. The number of aliphatic carboxylic acids is 1. The van der Waals surface area contributed by atoms with Crippen LogP contribution in [0, 0.1) is 6.92 Å². The second kappa shape index (κ2) is 4.24. The lowest BCUT2D eigenvalue weighted by Gasteiger charge is -2.04. The fraction of sp³-hybridized carbons (Fsp3) is 0.154. The van der Waals surface area contributed by atoms with Crippen LogP contribution in [0.5, 0.6) is 0 Å². The molecule has 3 rings (SSSR count). The van der Waals surface area contributed by atoms with E-state index >= 15 is 0 Å². The Labute approximate surface area is 108 Å². The molecule has 6 heteroatoms. The average Bonchev–Trinajstić information content (AvgIpc) is 2.94. The van der Waals surface area contributed by atoms with Gasteiger partial charge in [0, 0.05) is 10.9 Å². The van der Waals surface area contributed by atoms with Crippen molar-refractivity contribution in [2.75, 3.05) is 0 Å². The molecule has 0 aliphatic rings. The molecule has 0 unspecified atom stereocenters. The first kappa shape index (κ1) is 11.5. The van der Waals surface area contributed by atoms with E-state index in [1.807, 2.05) is 30.3 Å². The second-order valence-corrected chi connectivity index (χ2v) is 4.22. The SMILES string of the molecule is Cc1noc(-c2cc3ccccc3n2CC(=O)O)n1. The molecule has 1 N–H and O–H groups in total. The van der Waals surface area contributed by atoms with Gasteiger partial charge in [0.2, 0.25) is 0 Å². The molecule has 19 heavy (non-hydrogen) atoms. The van der Waals surface area contributed by atoms with E-state index in [9.17, 15) is 4.79 Å². The van der Waals surface area contributed by atoms with E-state index in [-0.39, 0.29) is 6.54 Å². The summed E-state index contributed by atoms with van der Waals surface area (Å²) in [7, 11) is 0. The smallest absolute Gasteiger partial charge is 0.323 e. The van der Waals surface area contributed by atoms with Crippen molar-refractivity contribution in [3.8, 4) is 11.6 Å². The maximum atomic E-state index is 11.0. The number of para-hydroxylation sites is 1. The molecule has 96 valence electrons. The van der Waals surface area contributed by atoms with E-state index in [4.69, 9.17) is 9.63 Å². The summed E-state index contributed by atoms with van der Waals surface area (Å²) in [5, 5.41) is 13.7. The minimum Gasteiger partial charge on any atom is -0.480 e.